The van der Waals surface area contributed by atoms with Crippen molar-refractivity contribution in [3.05, 3.63) is 23.8 Å². The van der Waals surface area contributed by atoms with Crippen molar-refractivity contribution in [2.75, 3.05) is 27.4 Å². The summed E-state index contributed by atoms with van der Waals surface area (Å²) < 4.78 is 33.1. The zero-order valence-corrected chi connectivity index (χ0v) is 13.1. The largest absolute Gasteiger partial charge is 0.497 e. The van der Waals surface area contributed by atoms with Crippen molar-refractivity contribution >= 4 is 7.60 Å². The van der Waals surface area contributed by atoms with E-state index in [-0.39, 0.29) is 13.2 Å². The maximum Gasteiger partial charge on any atom is 0.363 e. The lowest BCUT2D eigenvalue weighted by atomic mass is 10.2. The van der Waals surface area contributed by atoms with Gasteiger partial charge in [0.05, 0.1) is 27.4 Å². The number of aliphatic hydroxyl groups excluding tert-OH is 1. The molecule has 0 unspecified atom stereocenters. The molecular weight excluding hydrogens is 283 g/mol. The van der Waals surface area contributed by atoms with E-state index < -0.39 is 13.4 Å². The molecule has 1 rings (SSSR count). The Kier molecular flexibility index (Phi) is 6.49. The highest BCUT2D eigenvalue weighted by Gasteiger charge is 2.37. The van der Waals surface area contributed by atoms with Crippen molar-refractivity contribution in [3.63, 3.8) is 0 Å². The summed E-state index contributed by atoms with van der Waals surface area (Å²) in [7, 11) is -0.682. The van der Waals surface area contributed by atoms with E-state index in [0.29, 0.717) is 17.1 Å². The van der Waals surface area contributed by atoms with E-state index >= 15 is 0 Å². The van der Waals surface area contributed by atoms with Crippen LogP contribution < -0.4 is 9.47 Å². The quantitative estimate of drug-likeness (QED) is 0.744. The van der Waals surface area contributed by atoms with Crippen molar-refractivity contribution < 1.29 is 28.2 Å². The summed E-state index contributed by atoms with van der Waals surface area (Å²) in [4.78, 5) is 0. The second-order valence-corrected chi connectivity index (χ2v) is 5.94. The number of aliphatic hydroxyl groups is 1. The van der Waals surface area contributed by atoms with E-state index in [2.05, 4.69) is 0 Å². The fraction of sp³-hybridized carbons (Fsp3) is 0.538. The third-order valence-corrected chi connectivity index (χ3v) is 4.75. The predicted molar refractivity (Wildman–Crippen MR) is 75.4 cm³/mol. The average molecular weight is 304 g/mol. The Balaban J connectivity index is 3.17. The van der Waals surface area contributed by atoms with Gasteiger partial charge in [0.25, 0.3) is 0 Å². The number of benzene rings is 1. The first-order valence-corrected chi connectivity index (χ1v) is 7.92. The lowest BCUT2D eigenvalue weighted by molar-refractivity contribution is 0.148. The van der Waals surface area contributed by atoms with Crippen molar-refractivity contribution in [1.82, 2.24) is 0 Å². The molecule has 1 aromatic rings. The third kappa shape index (κ3) is 3.73. The number of hydrogen-bond donors (Lipinski definition) is 1. The lowest BCUT2D eigenvalue weighted by Gasteiger charge is -2.23. The number of rotatable bonds is 8. The van der Waals surface area contributed by atoms with Gasteiger partial charge in [-0.25, -0.2) is 0 Å². The second-order valence-electron chi connectivity index (χ2n) is 3.86. The van der Waals surface area contributed by atoms with E-state index in [1.807, 2.05) is 0 Å². The Labute approximate surface area is 119 Å². The van der Waals surface area contributed by atoms with E-state index in [1.54, 1.807) is 32.0 Å². The lowest BCUT2D eigenvalue weighted by Crippen LogP contribution is -2.07. The highest BCUT2D eigenvalue weighted by atomic mass is 31.2. The van der Waals surface area contributed by atoms with E-state index in [4.69, 9.17) is 18.5 Å². The molecule has 0 aliphatic carbocycles. The molecule has 1 aromatic carbocycles. The highest BCUT2D eigenvalue weighted by molar-refractivity contribution is 7.54. The third-order valence-electron chi connectivity index (χ3n) is 2.64. The van der Waals surface area contributed by atoms with Gasteiger partial charge >= 0.3 is 7.60 Å². The van der Waals surface area contributed by atoms with Gasteiger partial charge < -0.3 is 23.6 Å². The molecule has 0 saturated carbocycles. The molecule has 0 saturated heterocycles. The van der Waals surface area contributed by atoms with Crippen LogP contribution in [0.1, 0.15) is 25.3 Å². The summed E-state index contributed by atoms with van der Waals surface area (Å²) in [6, 6.07) is 4.82. The average Bonchev–Trinajstić information content (AvgIpc) is 2.46. The molecule has 114 valence electrons. The molecule has 0 fully saturated rings. The van der Waals surface area contributed by atoms with Gasteiger partial charge in [0, 0.05) is 11.6 Å². The first-order chi connectivity index (χ1) is 9.52. The number of methoxy groups -OCH3 is 2. The zero-order valence-electron chi connectivity index (χ0n) is 12.2. The molecule has 0 spiro atoms. The smallest absolute Gasteiger partial charge is 0.363 e. The Hall–Kier alpha value is -1.07. The van der Waals surface area contributed by atoms with E-state index in [1.165, 1.54) is 14.2 Å². The minimum atomic E-state index is -3.66. The summed E-state index contributed by atoms with van der Waals surface area (Å²) in [6.07, 6.45) is 0. The van der Waals surface area contributed by atoms with Crippen LogP contribution in [0.3, 0.4) is 0 Å². The molecular formula is C13H21O6P. The second kappa shape index (κ2) is 7.64. The van der Waals surface area contributed by atoms with Crippen LogP contribution in [0.25, 0.3) is 0 Å². The molecule has 0 heterocycles. The topological polar surface area (TPSA) is 74.2 Å². The fourth-order valence-electron chi connectivity index (χ4n) is 1.74. The standard InChI is InChI=1S/C13H21O6P/c1-5-18-20(15,19-6-2)13(14)11-8-7-10(16-3)9-12(11)17-4/h7-9,13-14H,5-6H2,1-4H3/t13-/m0/s1. The van der Waals surface area contributed by atoms with Gasteiger partial charge in [-0.05, 0) is 26.0 Å². The van der Waals surface area contributed by atoms with E-state index in [0.717, 1.165) is 0 Å². The molecule has 20 heavy (non-hydrogen) atoms. The zero-order chi connectivity index (χ0) is 15.2. The van der Waals surface area contributed by atoms with Crippen molar-refractivity contribution in [2.24, 2.45) is 0 Å². The summed E-state index contributed by atoms with van der Waals surface area (Å²) in [5, 5.41) is 10.3. The molecule has 0 aliphatic rings. The molecule has 1 N–H and O–H groups in total. The Morgan fingerprint density at radius 2 is 1.75 bits per heavy atom. The van der Waals surface area contributed by atoms with Crippen molar-refractivity contribution in [2.45, 2.75) is 19.7 Å². The first-order valence-electron chi connectivity index (χ1n) is 6.31. The van der Waals surface area contributed by atoms with Gasteiger partial charge in [-0.3, -0.25) is 4.57 Å². The van der Waals surface area contributed by atoms with Gasteiger partial charge in [-0.1, -0.05) is 0 Å². The van der Waals surface area contributed by atoms with Gasteiger partial charge in [0.1, 0.15) is 11.5 Å². The Morgan fingerprint density at radius 1 is 1.15 bits per heavy atom. The van der Waals surface area contributed by atoms with Crippen LogP contribution in [0.15, 0.2) is 18.2 Å². The molecule has 7 heteroatoms. The normalized spacial score (nSPS) is 13.1. The number of ether oxygens (including phenoxy) is 2. The Morgan fingerprint density at radius 3 is 2.20 bits per heavy atom. The van der Waals surface area contributed by atoms with Gasteiger partial charge in [-0.15, -0.1) is 0 Å². The summed E-state index contributed by atoms with van der Waals surface area (Å²) in [5.74, 6) is -0.486. The van der Waals surface area contributed by atoms with Crippen LogP contribution in [-0.4, -0.2) is 32.5 Å². The number of hydrogen-bond acceptors (Lipinski definition) is 6. The summed E-state index contributed by atoms with van der Waals surface area (Å²) in [6.45, 7) is 3.72. The fourth-order valence-corrected chi connectivity index (χ4v) is 3.37. The molecule has 1 atom stereocenters. The first kappa shape index (κ1) is 17.0. The predicted octanol–water partition coefficient (Wildman–Crippen LogP) is 2.96. The van der Waals surface area contributed by atoms with Crippen LogP contribution >= 0.6 is 7.60 Å². The molecule has 0 aliphatic heterocycles. The maximum absolute atomic E-state index is 12.6. The summed E-state index contributed by atoms with van der Waals surface area (Å²) >= 11 is 0. The maximum atomic E-state index is 12.6. The molecule has 0 radical (unpaired) electrons. The van der Waals surface area contributed by atoms with Crippen molar-refractivity contribution in [1.29, 1.82) is 0 Å². The van der Waals surface area contributed by atoms with Gasteiger partial charge in [-0.2, -0.15) is 0 Å². The van der Waals surface area contributed by atoms with Crippen LogP contribution in [0.2, 0.25) is 0 Å². The van der Waals surface area contributed by atoms with Crippen LogP contribution in [-0.2, 0) is 13.6 Å². The van der Waals surface area contributed by atoms with Gasteiger partial charge in [0.15, 0.2) is 5.85 Å². The van der Waals surface area contributed by atoms with E-state index in [9.17, 15) is 9.67 Å². The minimum absolute atomic E-state index is 0.173. The SMILES string of the molecule is CCOP(=O)(OCC)[C@H](O)c1ccc(OC)cc1OC. The molecule has 0 amide bonds. The van der Waals surface area contributed by atoms with Crippen LogP contribution in [0.4, 0.5) is 0 Å². The molecule has 0 bridgehead atoms. The Bertz CT molecular complexity index is 466. The summed E-state index contributed by atoms with van der Waals surface area (Å²) in [5.41, 5.74) is 0.332. The van der Waals surface area contributed by atoms with Gasteiger partial charge in [0.2, 0.25) is 0 Å². The highest BCUT2D eigenvalue weighted by Crippen LogP contribution is 2.60. The monoisotopic (exact) mass is 304 g/mol. The van der Waals surface area contributed by atoms with Crippen LogP contribution in [0.5, 0.6) is 11.5 Å². The molecule has 6 nitrogen and oxygen atoms in total. The minimum Gasteiger partial charge on any atom is -0.497 e. The molecule has 0 aromatic heterocycles. The van der Waals surface area contributed by atoms with Crippen LogP contribution in [0, 0.1) is 0 Å². The van der Waals surface area contributed by atoms with Crippen molar-refractivity contribution in [3.8, 4) is 11.5 Å².